The molecule has 0 saturated carbocycles. The third kappa shape index (κ3) is 6.66. The van der Waals surface area contributed by atoms with E-state index in [0.717, 1.165) is 24.8 Å². The van der Waals surface area contributed by atoms with E-state index in [2.05, 4.69) is 11.4 Å². The van der Waals surface area contributed by atoms with Crippen molar-refractivity contribution in [2.45, 2.75) is 45.6 Å². The standard InChI is InChI=1S/C16H23N3O2/c1-16(2,3)21-15(20)19-9-5-4-6-13-8-7-12(11-17)10-14(13)18/h7-8,10H,4-6,9,18H2,1-3H3,(H,19,20). The largest absolute Gasteiger partial charge is 0.444 e. The SMILES string of the molecule is CC(C)(C)OC(=O)NCCCCc1ccc(C#N)cc1N. The summed E-state index contributed by atoms with van der Waals surface area (Å²) in [6.07, 6.45) is 2.19. The summed E-state index contributed by atoms with van der Waals surface area (Å²) in [6.45, 7) is 6.08. The first-order chi connectivity index (χ1) is 9.81. The molecule has 0 spiro atoms. The van der Waals surface area contributed by atoms with Crippen LogP contribution in [0.2, 0.25) is 0 Å². The predicted molar refractivity (Wildman–Crippen MR) is 82.7 cm³/mol. The Bertz CT molecular complexity index is 527. The maximum absolute atomic E-state index is 11.4. The van der Waals surface area contributed by atoms with Crippen LogP contribution in [0.15, 0.2) is 18.2 Å². The van der Waals surface area contributed by atoms with E-state index in [1.165, 1.54) is 0 Å². The minimum Gasteiger partial charge on any atom is -0.444 e. The van der Waals surface area contributed by atoms with Crippen molar-refractivity contribution < 1.29 is 9.53 Å². The van der Waals surface area contributed by atoms with E-state index in [9.17, 15) is 4.79 Å². The summed E-state index contributed by atoms with van der Waals surface area (Å²) in [5.74, 6) is 0. The monoisotopic (exact) mass is 289 g/mol. The molecule has 114 valence electrons. The van der Waals surface area contributed by atoms with E-state index < -0.39 is 5.60 Å². The Labute approximate surface area is 126 Å². The van der Waals surface area contributed by atoms with E-state index in [0.29, 0.717) is 17.8 Å². The molecule has 0 radical (unpaired) electrons. The van der Waals surface area contributed by atoms with Gasteiger partial charge in [-0.1, -0.05) is 6.07 Å². The molecule has 0 fully saturated rings. The lowest BCUT2D eigenvalue weighted by Gasteiger charge is -2.19. The molecule has 0 aliphatic heterocycles. The second kappa shape index (κ2) is 7.53. The average Bonchev–Trinajstić information content (AvgIpc) is 2.37. The van der Waals surface area contributed by atoms with Crippen LogP contribution < -0.4 is 11.1 Å². The van der Waals surface area contributed by atoms with Crippen LogP contribution in [0.4, 0.5) is 10.5 Å². The Morgan fingerprint density at radius 1 is 1.38 bits per heavy atom. The molecule has 1 aromatic carbocycles. The number of nitrogens with one attached hydrogen (secondary N) is 1. The first-order valence-corrected chi connectivity index (χ1v) is 7.07. The highest BCUT2D eigenvalue weighted by molar-refractivity contribution is 5.67. The van der Waals surface area contributed by atoms with Gasteiger partial charge in [-0.15, -0.1) is 0 Å². The minimum absolute atomic E-state index is 0.389. The average molecular weight is 289 g/mol. The third-order valence-electron chi connectivity index (χ3n) is 2.82. The Morgan fingerprint density at radius 2 is 2.10 bits per heavy atom. The van der Waals surface area contributed by atoms with Gasteiger partial charge in [0.05, 0.1) is 11.6 Å². The Kier molecular flexibility index (Phi) is 6.04. The Balaban J connectivity index is 2.26. The molecule has 0 bridgehead atoms. The summed E-state index contributed by atoms with van der Waals surface area (Å²) in [5, 5.41) is 11.5. The number of anilines is 1. The number of nitriles is 1. The molecular formula is C16H23N3O2. The molecule has 0 aliphatic carbocycles. The van der Waals surface area contributed by atoms with Crippen LogP contribution in [0.5, 0.6) is 0 Å². The predicted octanol–water partition coefficient (Wildman–Crippen LogP) is 2.99. The van der Waals surface area contributed by atoms with Gasteiger partial charge in [-0.3, -0.25) is 0 Å². The van der Waals surface area contributed by atoms with Crippen molar-refractivity contribution in [3.8, 4) is 6.07 Å². The topological polar surface area (TPSA) is 88.1 Å². The van der Waals surface area contributed by atoms with Crippen LogP contribution >= 0.6 is 0 Å². The summed E-state index contributed by atoms with van der Waals surface area (Å²) in [6, 6.07) is 7.40. The number of benzene rings is 1. The first-order valence-electron chi connectivity index (χ1n) is 7.07. The zero-order valence-corrected chi connectivity index (χ0v) is 12.9. The van der Waals surface area contributed by atoms with Gasteiger partial charge in [0.15, 0.2) is 0 Å². The van der Waals surface area contributed by atoms with E-state index >= 15 is 0 Å². The van der Waals surface area contributed by atoms with Crippen molar-refractivity contribution in [1.29, 1.82) is 5.26 Å². The lowest BCUT2D eigenvalue weighted by Crippen LogP contribution is -2.33. The molecule has 0 unspecified atom stereocenters. The van der Waals surface area contributed by atoms with Gasteiger partial charge in [-0.25, -0.2) is 4.79 Å². The van der Waals surface area contributed by atoms with Crippen molar-refractivity contribution in [3.63, 3.8) is 0 Å². The molecule has 0 heterocycles. The van der Waals surface area contributed by atoms with Crippen LogP contribution in [0.3, 0.4) is 0 Å². The third-order valence-corrected chi connectivity index (χ3v) is 2.82. The quantitative estimate of drug-likeness (QED) is 0.644. The number of alkyl carbamates (subject to hydrolysis) is 1. The van der Waals surface area contributed by atoms with Gasteiger partial charge >= 0.3 is 6.09 Å². The maximum Gasteiger partial charge on any atom is 0.407 e. The van der Waals surface area contributed by atoms with E-state index in [-0.39, 0.29) is 6.09 Å². The number of hydrogen-bond acceptors (Lipinski definition) is 4. The zero-order chi connectivity index (χ0) is 15.9. The summed E-state index contributed by atoms with van der Waals surface area (Å²) >= 11 is 0. The fourth-order valence-electron chi connectivity index (χ4n) is 1.84. The highest BCUT2D eigenvalue weighted by atomic mass is 16.6. The molecule has 0 aliphatic rings. The van der Waals surface area contributed by atoms with Gasteiger partial charge in [0.1, 0.15) is 5.60 Å². The summed E-state index contributed by atoms with van der Waals surface area (Å²) in [4.78, 5) is 11.4. The first kappa shape index (κ1) is 16.8. The number of nitrogens with zero attached hydrogens (tertiary/aromatic N) is 1. The van der Waals surface area contributed by atoms with Crippen molar-refractivity contribution in [2.24, 2.45) is 0 Å². The van der Waals surface area contributed by atoms with Crippen LogP contribution in [0, 0.1) is 11.3 Å². The number of aryl methyl sites for hydroxylation is 1. The summed E-state index contributed by atoms with van der Waals surface area (Å²) in [7, 11) is 0. The number of ether oxygens (including phenoxy) is 1. The van der Waals surface area contributed by atoms with E-state index in [4.69, 9.17) is 15.7 Å². The molecule has 21 heavy (non-hydrogen) atoms. The fraction of sp³-hybridized carbons (Fsp3) is 0.500. The Hall–Kier alpha value is -2.22. The number of nitrogens with two attached hydrogens (primary N) is 1. The molecule has 0 atom stereocenters. The van der Waals surface area contributed by atoms with Gasteiger partial charge in [-0.05, 0) is 57.7 Å². The van der Waals surface area contributed by atoms with E-state index in [1.807, 2.05) is 26.8 Å². The maximum atomic E-state index is 11.4. The molecule has 1 rings (SSSR count). The molecular weight excluding hydrogens is 266 g/mol. The van der Waals surface area contributed by atoms with Gasteiger partial charge in [0.2, 0.25) is 0 Å². The van der Waals surface area contributed by atoms with Crippen molar-refractivity contribution >= 4 is 11.8 Å². The van der Waals surface area contributed by atoms with Crippen molar-refractivity contribution in [2.75, 3.05) is 12.3 Å². The molecule has 3 N–H and O–H groups in total. The molecule has 1 amide bonds. The van der Waals surface area contributed by atoms with Gasteiger partial charge in [0.25, 0.3) is 0 Å². The lowest BCUT2D eigenvalue weighted by atomic mass is 10.0. The number of amides is 1. The highest BCUT2D eigenvalue weighted by Crippen LogP contribution is 2.16. The van der Waals surface area contributed by atoms with Gasteiger partial charge < -0.3 is 15.8 Å². The molecule has 1 aromatic rings. The van der Waals surface area contributed by atoms with Crippen LogP contribution in [0.25, 0.3) is 0 Å². The Morgan fingerprint density at radius 3 is 2.67 bits per heavy atom. The molecule has 0 saturated heterocycles. The molecule has 5 nitrogen and oxygen atoms in total. The highest BCUT2D eigenvalue weighted by Gasteiger charge is 2.15. The summed E-state index contributed by atoms with van der Waals surface area (Å²) in [5.41, 5.74) is 7.67. The van der Waals surface area contributed by atoms with Gasteiger partial charge in [-0.2, -0.15) is 5.26 Å². The van der Waals surface area contributed by atoms with Crippen LogP contribution in [-0.4, -0.2) is 18.2 Å². The van der Waals surface area contributed by atoms with Crippen LogP contribution in [0.1, 0.15) is 44.7 Å². The zero-order valence-electron chi connectivity index (χ0n) is 12.9. The number of rotatable bonds is 5. The number of hydrogen-bond donors (Lipinski definition) is 2. The number of carbonyl (C=O) groups is 1. The second-order valence-corrected chi connectivity index (χ2v) is 5.91. The number of unbranched alkanes of at least 4 members (excludes halogenated alkanes) is 1. The normalized spacial score (nSPS) is 10.8. The van der Waals surface area contributed by atoms with Gasteiger partial charge in [0, 0.05) is 12.2 Å². The van der Waals surface area contributed by atoms with Crippen LogP contribution in [-0.2, 0) is 11.2 Å². The summed E-state index contributed by atoms with van der Waals surface area (Å²) < 4.78 is 5.15. The van der Waals surface area contributed by atoms with Crippen molar-refractivity contribution in [1.82, 2.24) is 5.32 Å². The fourth-order valence-corrected chi connectivity index (χ4v) is 1.84. The minimum atomic E-state index is -0.471. The lowest BCUT2D eigenvalue weighted by molar-refractivity contribution is 0.0527. The molecule has 5 heteroatoms. The van der Waals surface area contributed by atoms with Crippen molar-refractivity contribution in [3.05, 3.63) is 29.3 Å². The number of carbonyl (C=O) groups excluding carboxylic acids is 1. The second-order valence-electron chi connectivity index (χ2n) is 5.91. The molecule has 0 aromatic heterocycles. The smallest absolute Gasteiger partial charge is 0.407 e. The number of nitrogen functional groups attached to an aromatic ring is 1. The van der Waals surface area contributed by atoms with E-state index in [1.54, 1.807) is 12.1 Å².